The van der Waals surface area contributed by atoms with Crippen molar-refractivity contribution in [3.63, 3.8) is 0 Å². The van der Waals surface area contributed by atoms with E-state index in [-0.39, 0.29) is 48.1 Å². The van der Waals surface area contributed by atoms with Crippen molar-refractivity contribution in [1.29, 1.82) is 0 Å². The Morgan fingerprint density at radius 2 is 1.70 bits per heavy atom. The van der Waals surface area contributed by atoms with E-state index in [2.05, 4.69) is 4.74 Å². The van der Waals surface area contributed by atoms with Crippen molar-refractivity contribution in [2.75, 3.05) is 6.61 Å². The molecule has 1 rings (SSSR count). The summed E-state index contributed by atoms with van der Waals surface area (Å²) in [6.45, 7) is 3.06. The van der Waals surface area contributed by atoms with Gasteiger partial charge in [0.25, 0.3) is 5.78 Å². The van der Waals surface area contributed by atoms with Gasteiger partial charge < -0.3 is 14.6 Å². The van der Waals surface area contributed by atoms with Gasteiger partial charge in [-0.15, -0.1) is 0 Å². The molecule has 1 atom stereocenters. The summed E-state index contributed by atoms with van der Waals surface area (Å²) in [7, 11) is 0. The Hall–Kier alpha value is -1.17. The van der Waals surface area contributed by atoms with Gasteiger partial charge in [0, 0.05) is 0 Å². The predicted molar refractivity (Wildman–Crippen MR) is 65.1 cm³/mol. The predicted octanol–water partition coefficient (Wildman–Crippen LogP) is -2.78. The van der Waals surface area contributed by atoms with Gasteiger partial charge in [-0.1, -0.05) is 37.3 Å². The Morgan fingerprint density at radius 1 is 1.15 bits per heavy atom. The number of ketones is 1. The molecule has 1 aromatic carbocycles. The first-order valence-electron chi connectivity index (χ1n) is 5.99. The molecule has 0 fully saturated rings. The zero-order valence-electron chi connectivity index (χ0n) is 11.8. The van der Waals surface area contributed by atoms with Crippen molar-refractivity contribution in [1.82, 2.24) is 0 Å². The maximum absolute atomic E-state index is 12.1. The summed E-state index contributed by atoms with van der Waals surface area (Å²) in [4.78, 5) is 35.2. The molecule has 0 N–H and O–H groups in total. The van der Waals surface area contributed by atoms with Gasteiger partial charge in [0.15, 0.2) is 0 Å². The summed E-state index contributed by atoms with van der Waals surface area (Å²) in [6, 6.07) is 7.85. The smallest absolute Gasteiger partial charge is 0.549 e. The molecule has 0 aliphatic rings. The molecule has 0 spiro atoms. The maximum atomic E-state index is 12.1. The standard InChI is InChI=1S/C14H16O5.Na/c1-3-14(13(17)18,10-8-6-5-7-9-10)11(15)12(16)19-4-2;/h5-9H,3-4H2,1-2H3,(H,17,18);/q;+1/p-1. The van der Waals surface area contributed by atoms with Gasteiger partial charge >= 0.3 is 35.5 Å². The summed E-state index contributed by atoms with van der Waals surface area (Å²) >= 11 is 0. The number of aliphatic carboxylic acids is 1. The molecule has 0 heterocycles. The summed E-state index contributed by atoms with van der Waals surface area (Å²) in [6.07, 6.45) is -0.0863. The number of Topliss-reactive ketones (excluding diaryl/α,β-unsaturated/α-hetero) is 1. The van der Waals surface area contributed by atoms with Crippen LogP contribution in [-0.4, -0.2) is 24.3 Å². The average Bonchev–Trinajstić information content (AvgIpc) is 2.41. The van der Waals surface area contributed by atoms with Crippen LogP contribution in [0.15, 0.2) is 30.3 Å². The van der Waals surface area contributed by atoms with E-state index in [4.69, 9.17) is 0 Å². The number of rotatable bonds is 6. The molecule has 0 amide bonds. The Balaban J connectivity index is 0.00000361. The van der Waals surface area contributed by atoms with Crippen molar-refractivity contribution < 1.29 is 53.8 Å². The molecule has 0 aliphatic carbocycles. The summed E-state index contributed by atoms with van der Waals surface area (Å²) in [5.41, 5.74) is -1.77. The van der Waals surface area contributed by atoms with E-state index in [1.165, 1.54) is 19.1 Å². The Labute approximate surface area is 139 Å². The molecule has 20 heavy (non-hydrogen) atoms. The Morgan fingerprint density at radius 3 is 2.10 bits per heavy atom. The second-order valence-corrected chi connectivity index (χ2v) is 3.96. The summed E-state index contributed by atoms with van der Waals surface area (Å²) < 4.78 is 4.60. The van der Waals surface area contributed by atoms with Crippen LogP contribution in [0, 0.1) is 0 Å². The minimum absolute atomic E-state index is 0. The first kappa shape index (κ1) is 18.8. The van der Waals surface area contributed by atoms with E-state index in [9.17, 15) is 19.5 Å². The van der Waals surface area contributed by atoms with Gasteiger partial charge in [-0.2, -0.15) is 0 Å². The number of benzene rings is 1. The van der Waals surface area contributed by atoms with Crippen molar-refractivity contribution in [2.24, 2.45) is 0 Å². The van der Waals surface area contributed by atoms with Gasteiger partial charge in [-0.3, -0.25) is 4.79 Å². The SMILES string of the molecule is CCOC(=O)C(=O)C(CC)(C(=O)[O-])c1ccccc1.[Na+]. The van der Waals surface area contributed by atoms with Crippen molar-refractivity contribution in [3.05, 3.63) is 35.9 Å². The fourth-order valence-electron chi connectivity index (χ4n) is 1.94. The Bertz CT molecular complexity index is 486. The van der Waals surface area contributed by atoms with Crippen LogP contribution in [0.1, 0.15) is 25.8 Å². The minimum Gasteiger partial charge on any atom is -0.549 e. The topological polar surface area (TPSA) is 83.5 Å². The fourth-order valence-corrected chi connectivity index (χ4v) is 1.94. The molecule has 6 heteroatoms. The van der Waals surface area contributed by atoms with Crippen LogP contribution in [0.5, 0.6) is 0 Å². The second-order valence-electron chi connectivity index (χ2n) is 3.96. The van der Waals surface area contributed by atoms with Crippen LogP contribution >= 0.6 is 0 Å². The van der Waals surface area contributed by atoms with E-state index in [1.807, 2.05) is 0 Å². The van der Waals surface area contributed by atoms with E-state index in [0.29, 0.717) is 0 Å². The van der Waals surface area contributed by atoms with Gasteiger partial charge in [-0.25, -0.2) is 4.79 Å². The Kier molecular flexibility index (Phi) is 7.71. The van der Waals surface area contributed by atoms with Crippen LogP contribution in [0.25, 0.3) is 0 Å². The molecule has 0 saturated carbocycles. The van der Waals surface area contributed by atoms with E-state index >= 15 is 0 Å². The minimum atomic E-state index is -1.99. The molecule has 0 radical (unpaired) electrons. The van der Waals surface area contributed by atoms with Gasteiger partial charge in [0.1, 0.15) is 5.41 Å². The maximum Gasteiger partial charge on any atom is 1.00 e. The zero-order valence-corrected chi connectivity index (χ0v) is 13.8. The van der Waals surface area contributed by atoms with Crippen LogP contribution in [0.2, 0.25) is 0 Å². The molecular weight excluding hydrogens is 271 g/mol. The number of ether oxygens (including phenoxy) is 1. The molecule has 0 saturated heterocycles. The number of hydrogen-bond donors (Lipinski definition) is 0. The number of carboxylic acids is 1. The molecule has 5 nitrogen and oxygen atoms in total. The van der Waals surface area contributed by atoms with Crippen LogP contribution < -0.4 is 34.7 Å². The van der Waals surface area contributed by atoms with Crippen LogP contribution in [0.3, 0.4) is 0 Å². The quantitative estimate of drug-likeness (QED) is 0.244. The van der Waals surface area contributed by atoms with E-state index in [1.54, 1.807) is 25.1 Å². The van der Waals surface area contributed by atoms with E-state index in [0.717, 1.165) is 0 Å². The largest absolute Gasteiger partial charge is 1.00 e. The fraction of sp³-hybridized carbons (Fsp3) is 0.357. The van der Waals surface area contributed by atoms with Gasteiger partial charge in [0.05, 0.1) is 12.6 Å². The summed E-state index contributed by atoms with van der Waals surface area (Å²) in [5, 5.41) is 11.5. The number of hydrogen-bond acceptors (Lipinski definition) is 5. The molecule has 1 unspecified atom stereocenters. The third kappa shape index (κ3) is 3.48. The first-order valence-corrected chi connectivity index (χ1v) is 5.99. The van der Waals surface area contributed by atoms with Gasteiger partial charge in [0.2, 0.25) is 0 Å². The monoisotopic (exact) mass is 286 g/mol. The number of esters is 1. The normalized spacial score (nSPS) is 12.7. The zero-order chi connectivity index (χ0) is 14.5. The second kappa shape index (κ2) is 8.19. The molecule has 0 aromatic heterocycles. The number of carbonyl (C=O) groups excluding carboxylic acids is 3. The molecule has 0 aliphatic heterocycles. The molecule has 0 bridgehead atoms. The molecular formula is C14H15NaO5. The molecule has 102 valence electrons. The average molecular weight is 286 g/mol. The van der Waals surface area contributed by atoms with Crippen molar-refractivity contribution in [2.45, 2.75) is 25.7 Å². The third-order valence-electron chi connectivity index (χ3n) is 2.99. The third-order valence-corrected chi connectivity index (χ3v) is 2.99. The van der Waals surface area contributed by atoms with Crippen LogP contribution in [0.4, 0.5) is 0 Å². The molecule has 1 aromatic rings. The van der Waals surface area contributed by atoms with E-state index < -0.39 is 23.1 Å². The number of carbonyl (C=O) groups is 3. The van der Waals surface area contributed by atoms with Crippen molar-refractivity contribution in [3.8, 4) is 0 Å². The van der Waals surface area contributed by atoms with Crippen molar-refractivity contribution >= 4 is 17.7 Å². The van der Waals surface area contributed by atoms with Crippen LogP contribution in [-0.2, 0) is 24.5 Å². The van der Waals surface area contributed by atoms with Gasteiger partial charge in [-0.05, 0) is 18.9 Å². The first-order chi connectivity index (χ1) is 9.00. The summed E-state index contributed by atoms with van der Waals surface area (Å²) in [5.74, 6) is -3.86. The number of carboxylic acid groups (broad SMARTS) is 1.